The zero-order valence-electron chi connectivity index (χ0n) is 24.0. The monoisotopic (exact) mass is 621 g/mol. The minimum absolute atomic E-state index is 0.139. The predicted octanol–water partition coefficient (Wildman–Crippen LogP) is 3.57. The van der Waals surface area contributed by atoms with E-state index in [4.69, 9.17) is 28.3 Å². The Bertz CT molecular complexity index is 1750. The largest absolute Gasteiger partial charge is 0.357 e. The van der Waals surface area contributed by atoms with Crippen LogP contribution in [0.15, 0.2) is 42.5 Å². The number of likely N-dealkylation sites (N-methyl/N-ethyl adjacent to an activating group) is 1. The highest BCUT2D eigenvalue weighted by Gasteiger charge is 2.43. The van der Waals surface area contributed by atoms with Gasteiger partial charge in [-0.2, -0.15) is 5.10 Å². The fourth-order valence-electron chi connectivity index (χ4n) is 5.72. The smallest absolute Gasteiger partial charge is 0.273 e. The number of carbonyl (C=O) groups excluding carboxylic acids is 3. The molecule has 0 bridgehead atoms. The lowest BCUT2D eigenvalue weighted by Gasteiger charge is -2.38. The van der Waals surface area contributed by atoms with Gasteiger partial charge in [0.15, 0.2) is 5.82 Å². The predicted molar refractivity (Wildman–Crippen MR) is 158 cm³/mol. The fourth-order valence-corrected chi connectivity index (χ4v) is 6.02. The third kappa shape index (κ3) is 5.04. The molecule has 6 rings (SSSR count). The van der Waals surface area contributed by atoms with Crippen LogP contribution < -0.4 is 5.32 Å². The van der Waals surface area contributed by atoms with Crippen LogP contribution in [0, 0.1) is 6.92 Å². The first-order chi connectivity index (χ1) is 20.6. The van der Waals surface area contributed by atoms with Crippen molar-refractivity contribution < 1.29 is 14.4 Å². The van der Waals surface area contributed by atoms with E-state index in [1.54, 1.807) is 42.0 Å². The second-order valence-electron chi connectivity index (χ2n) is 10.8. The molecule has 0 unspecified atom stereocenters. The van der Waals surface area contributed by atoms with Crippen molar-refractivity contribution in [2.24, 2.45) is 0 Å². The normalized spacial score (nSPS) is 18.7. The van der Waals surface area contributed by atoms with E-state index < -0.39 is 6.04 Å². The maximum Gasteiger partial charge on any atom is 0.273 e. The van der Waals surface area contributed by atoms with E-state index in [2.05, 4.69) is 20.7 Å². The van der Waals surface area contributed by atoms with Crippen molar-refractivity contribution in [3.63, 3.8) is 0 Å². The molecular formula is C29H29Cl2N9O3. The molecule has 0 fully saturated rings. The summed E-state index contributed by atoms with van der Waals surface area (Å²) in [6.07, 6.45) is 0.433. The highest BCUT2D eigenvalue weighted by Crippen LogP contribution is 2.36. The fraction of sp³-hybridized carbons (Fsp3) is 0.345. The molecule has 1 N–H and O–H groups in total. The molecule has 0 saturated carbocycles. The van der Waals surface area contributed by atoms with E-state index in [0.717, 1.165) is 11.3 Å². The first-order valence-electron chi connectivity index (χ1n) is 13.8. The number of carbonyl (C=O) groups is 3. The van der Waals surface area contributed by atoms with Gasteiger partial charge in [-0.15, -0.1) is 15.0 Å². The van der Waals surface area contributed by atoms with Gasteiger partial charge in [-0.25, -0.2) is 4.68 Å². The second kappa shape index (κ2) is 11.1. The molecule has 0 spiro atoms. The molecule has 222 valence electrons. The number of halogens is 2. The van der Waals surface area contributed by atoms with Gasteiger partial charge in [0.2, 0.25) is 5.91 Å². The van der Waals surface area contributed by atoms with Gasteiger partial charge in [0.05, 0.1) is 40.6 Å². The van der Waals surface area contributed by atoms with E-state index in [1.807, 2.05) is 38.1 Å². The second-order valence-corrected chi connectivity index (χ2v) is 11.6. The molecule has 0 radical (unpaired) electrons. The number of hydrogen-bond donors (Lipinski definition) is 1. The summed E-state index contributed by atoms with van der Waals surface area (Å²) in [4.78, 5) is 45.7. The number of fused-ring (bicyclic) bond motifs is 3. The lowest BCUT2D eigenvalue weighted by atomic mass is 9.96. The molecule has 2 aromatic heterocycles. The number of tetrazole rings is 1. The number of amides is 3. The Morgan fingerprint density at radius 3 is 2.47 bits per heavy atom. The molecule has 2 aliphatic rings. The van der Waals surface area contributed by atoms with Crippen LogP contribution in [-0.4, -0.2) is 77.1 Å². The highest BCUT2D eigenvalue weighted by molar-refractivity contribution is 6.42. The minimum Gasteiger partial charge on any atom is -0.357 e. The number of hydrogen-bond acceptors (Lipinski definition) is 7. The molecule has 43 heavy (non-hydrogen) atoms. The molecule has 12 nitrogen and oxygen atoms in total. The zero-order chi connectivity index (χ0) is 30.6. The summed E-state index contributed by atoms with van der Waals surface area (Å²) in [5.41, 5.74) is 3.67. The van der Waals surface area contributed by atoms with Crippen molar-refractivity contribution in [3.05, 3.63) is 86.4 Å². The van der Waals surface area contributed by atoms with Crippen LogP contribution in [0.2, 0.25) is 10.0 Å². The van der Waals surface area contributed by atoms with Gasteiger partial charge in [-0.1, -0.05) is 35.3 Å². The molecule has 0 aliphatic carbocycles. The third-order valence-electron chi connectivity index (χ3n) is 8.13. The van der Waals surface area contributed by atoms with Gasteiger partial charge < -0.3 is 15.1 Å². The summed E-state index contributed by atoms with van der Waals surface area (Å²) in [5.74, 6) is -0.186. The molecule has 3 atom stereocenters. The molecule has 2 aliphatic heterocycles. The summed E-state index contributed by atoms with van der Waals surface area (Å²) >= 11 is 12.3. The lowest BCUT2D eigenvalue weighted by molar-refractivity contribution is -0.125. The van der Waals surface area contributed by atoms with Crippen LogP contribution in [0.4, 0.5) is 0 Å². The summed E-state index contributed by atoms with van der Waals surface area (Å²) in [7, 11) is 1.56. The van der Waals surface area contributed by atoms with E-state index in [1.165, 1.54) is 9.48 Å². The topological polar surface area (TPSA) is 131 Å². The van der Waals surface area contributed by atoms with Crippen LogP contribution >= 0.6 is 23.2 Å². The van der Waals surface area contributed by atoms with Gasteiger partial charge >= 0.3 is 0 Å². The number of benzene rings is 2. The van der Waals surface area contributed by atoms with E-state index in [9.17, 15) is 14.4 Å². The van der Waals surface area contributed by atoms with Crippen molar-refractivity contribution in [3.8, 4) is 5.69 Å². The maximum absolute atomic E-state index is 14.2. The van der Waals surface area contributed by atoms with Crippen molar-refractivity contribution >= 4 is 40.9 Å². The summed E-state index contributed by atoms with van der Waals surface area (Å²) in [6, 6.07) is 11.0. The Balaban J connectivity index is 1.34. The number of nitrogens with zero attached hydrogens (tertiary/aromatic N) is 8. The first-order valence-corrected chi connectivity index (χ1v) is 14.6. The van der Waals surface area contributed by atoms with Gasteiger partial charge in [0.1, 0.15) is 11.7 Å². The van der Waals surface area contributed by atoms with Crippen LogP contribution in [-0.2, 0) is 17.8 Å². The maximum atomic E-state index is 14.2. The van der Waals surface area contributed by atoms with Gasteiger partial charge in [0, 0.05) is 30.6 Å². The Kier molecular flexibility index (Phi) is 7.43. The Morgan fingerprint density at radius 2 is 1.81 bits per heavy atom. The number of aromatic nitrogens is 6. The Labute approximate surface area is 257 Å². The SMILES string of the molecule is CNC(=O)[C@@H]1CN([C@H](C)c2ccc(-n3nnc(C)n3)cc2)C(=O)c2c3c(nn21)C[C@@H](C)N(C(=O)c1ccc(Cl)c(Cl)c1)C3. The van der Waals surface area contributed by atoms with Gasteiger partial charge in [-0.05, 0) is 61.9 Å². The molecule has 2 aromatic carbocycles. The molecule has 4 aromatic rings. The number of nitrogens with one attached hydrogen (secondary N) is 1. The van der Waals surface area contributed by atoms with Gasteiger partial charge in [-0.3, -0.25) is 14.4 Å². The minimum atomic E-state index is -0.734. The quantitative estimate of drug-likeness (QED) is 0.360. The van der Waals surface area contributed by atoms with E-state index >= 15 is 0 Å². The average molecular weight is 623 g/mol. The molecular weight excluding hydrogens is 593 g/mol. The Hall–Kier alpha value is -4.29. The van der Waals surface area contributed by atoms with E-state index in [0.29, 0.717) is 39.8 Å². The Morgan fingerprint density at radius 1 is 1.07 bits per heavy atom. The average Bonchev–Trinajstić information content (AvgIpc) is 3.60. The van der Waals surface area contributed by atoms with E-state index in [-0.39, 0.29) is 47.9 Å². The summed E-state index contributed by atoms with van der Waals surface area (Å²) in [6.45, 7) is 5.92. The van der Waals surface area contributed by atoms with Crippen molar-refractivity contribution in [1.29, 1.82) is 0 Å². The molecule has 4 heterocycles. The number of rotatable bonds is 5. The lowest BCUT2D eigenvalue weighted by Crippen LogP contribution is -2.49. The molecule has 3 amide bonds. The van der Waals surface area contributed by atoms with Crippen LogP contribution in [0.1, 0.15) is 69.4 Å². The molecule has 0 saturated heterocycles. The third-order valence-corrected chi connectivity index (χ3v) is 8.87. The molecule has 14 heteroatoms. The zero-order valence-corrected chi connectivity index (χ0v) is 25.5. The van der Waals surface area contributed by atoms with Gasteiger partial charge in [0.25, 0.3) is 11.8 Å². The summed E-state index contributed by atoms with van der Waals surface area (Å²) < 4.78 is 1.54. The standard InChI is InChI=1S/C29H29Cl2N9O3/c1-15-11-24-21(13-37(15)28(42)19-7-10-22(30)23(31)12-19)26-29(43)38(14-25(27(41)32-4)39(26)35-24)16(2)18-5-8-20(9-6-18)40-34-17(3)33-36-40/h5-10,12,15-16,25H,11,13-14H2,1-4H3,(H,32,41)/t15-,16-,25+/m1/s1. The first kappa shape index (κ1) is 28.8. The highest BCUT2D eigenvalue weighted by atomic mass is 35.5. The summed E-state index contributed by atoms with van der Waals surface area (Å²) in [5, 5.41) is 20.3. The van der Waals surface area contributed by atoms with Crippen LogP contribution in [0.3, 0.4) is 0 Å². The van der Waals surface area contributed by atoms with Crippen molar-refractivity contribution in [2.45, 2.75) is 51.9 Å². The van der Waals surface area contributed by atoms with Crippen molar-refractivity contribution in [2.75, 3.05) is 13.6 Å². The number of aryl methyl sites for hydroxylation is 1. The van der Waals surface area contributed by atoms with Crippen LogP contribution in [0.5, 0.6) is 0 Å². The van der Waals surface area contributed by atoms with Crippen molar-refractivity contribution in [1.82, 2.24) is 45.1 Å². The van der Waals surface area contributed by atoms with Crippen LogP contribution in [0.25, 0.3) is 5.69 Å².